The Hall–Kier alpha value is -1.19. The maximum absolute atomic E-state index is 11.2. The second kappa shape index (κ2) is 5.77. The zero-order valence-corrected chi connectivity index (χ0v) is 9.54. The lowest BCUT2D eigenvalue weighted by atomic mass is 9.94. The molecule has 0 aromatic heterocycles. The highest BCUT2D eigenvalue weighted by Gasteiger charge is 2.58. The lowest BCUT2D eigenvalue weighted by Crippen LogP contribution is -2.17. The molecule has 4 nitrogen and oxygen atoms in total. The number of carbonyl (C=O) groups is 1. The molecule has 1 fully saturated rings. The topological polar surface area (TPSA) is 85.0 Å². The summed E-state index contributed by atoms with van der Waals surface area (Å²) in [7, 11) is 0. The number of hydrogen-bond acceptors (Lipinski definition) is 3. The van der Waals surface area contributed by atoms with Crippen molar-refractivity contribution in [1.29, 1.82) is 10.8 Å². The fourth-order valence-electron chi connectivity index (χ4n) is 2.37. The predicted octanol–water partition coefficient (Wildman–Crippen LogP) is 2.72. The van der Waals surface area contributed by atoms with Crippen molar-refractivity contribution in [2.75, 3.05) is 0 Å². The highest BCUT2D eigenvalue weighted by atomic mass is 16.4. The van der Waals surface area contributed by atoms with Gasteiger partial charge in [-0.05, 0) is 50.5 Å². The van der Waals surface area contributed by atoms with Crippen molar-refractivity contribution in [3.05, 3.63) is 0 Å². The van der Waals surface area contributed by atoms with Crippen molar-refractivity contribution in [2.24, 2.45) is 11.3 Å². The van der Waals surface area contributed by atoms with Crippen molar-refractivity contribution in [1.82, 2.24) is 0 Å². The molecule has 1 rings (SSSR count). The molecule has 0 aromatic rings. The number of unbranched alkanes of at least 4 members (excludes halogenated alkanes) is 3. The molecule has 0 saturated heterocycles. The van der Waals surface area contributed by atoms with Crippen LogP contribution in [-0.2, 0) is 4.79 Å². The number of rotatable bonds is 9. The van der Waals surface area contributed by atoms with Gasteiger partial charge in [0.15, 0.2) is 0 Å². The summed E-state index contributed by atoms with van der Waals surface area (Å²) in [5, 5.41) is 23.1. The predicted molar refractivity (Wildman–Crippen MR) is 63.4 cm³/mol. The molecule has 0 bridgehead atoms. The first-order valence-electron chi connectivity index (χ1n) is 5.88. The van der Waals surface area contributed by atoms with Crippen molar-refractivity contribution in [2.45, 2.75) is 44.9 Å². The standard InChI is InChI=1S/C12H20N2O2/c13-7-4-2-1-3-6-12(11(15)16)9-10(12)5-8-14/h7-8,10,13-14H,1-6,9H2,(H,15,16). The Balaban J connectivity index is 2.29. The number of aliphatic carboxylic acids is 1. The first kappa shape index (κ1) is 12.9. The third kappa shape index (κ3) is 2.90. The second-order valence-corrected chi connectivity index (χ2v) is 4.61. The van der Waals surface area contributed by atoms with E-state index in [1.165, 1.54) is 12.4 Å². The molecule has 90 valence electrons. The summed E-state index contributed by atoms with van der Waals surface area (Å²) in [6.07, 6.45) is 8.51. The molecule has 1 saturated carbocycles. The Bertz CT molecular complexity index is 278. The van der Waals surface area contributed by atoms with Crippen molar-refractivity contribution in [3.8, 4) is 0 Å². The maximum atomic E-state index is 11.2. The van der Waals surface area contributed by atoms with E-state index in [0.717, 1.165) is 38.5 Å². The Labute approximate surface area is 96.1 Å². The van der Waals surface area contributed by atoms with Crippen LogP contribution in [0.4, 0.5) is 0 Å². The van der Waals surface area contributed by atoms with Crippen LogP contribution in [0.3, 0.4) is 0 Å². The van der Waals surface area contributed by atoms with Crippen LogP contribution in [0.15, 0.2) is 0 Å². The molecule has 4 heteroatoms. The van der Waals surface area contributed by atoms with Crippen molar-refractivity contribution >= 4 is 18.4 Å². The number of carboxylic acids is 1. The average Bonchev–Trinajstić information content (AvgIpc) is 2.94. The third-order valence-electron chi connectivity index (χ3n) is 3.53. The number of carboxylic acid groups (broad SMARTS) is 1. The summed E-state index contributed by atoms with van der Waals surface area (Å²) in [6, 6.07) is 0. The zero-order valence-electron chi connectivity index (χ0n) is 9.54. The molecule has 0 aromatic carbocycles. The minimum atomic E-state index is -0.689. The van der Waals surface area contributed by atoms with E-state index >= 15 is 0 Å². The molecule has 2 atom stereocenters. The van der Waals surface area contributed by atoms with Gasteiger partial charge in [0.25, 0.3) is 0 Å². The molecule has 0 heterocycles. The molecule has 3 N–H and O–H groups in total. The molecule has 1 aliphatic carbocycles. The van der Waals surface area contributed by atoms with E-state index in [1.807, 2.05) is 0 Å². The largest absolute Gasteiger partial charge is 0.481 e. The van der Waals surface area contributed by atoms with Gasteiger partial charge in [-0.25, -0.2) is 0 Å². The molecule has 2 unspecified atom stereocenters. The van der Waals surface area contributed by atoms with Gasteiger partial charge in [-0.1, -0.05) is 12.8 Å². The van der Waals surface area contributed by atoms with Gasteiger partial charge in [0.05, 0.1) is 5.41 Å². The summed E-state index contributed by atoms with van der Waals surface area (Å²) in [5.74, 6) is -0.503. The van der Waals surface area contributed by atoms with Crippen LogP contribution in [0.1, 0.15) is 44.9 Å². The van der Waals surface area contributed by atoms with Gasteiger partial charge >= 0.3 is 5.97 Å². The summed E-state index contributed by atoms with van der Waals surface area (Å²) in [6.45, 7) is 0. The lowest BCUT2D eigenvalue weighted by Gasteiger charge is -2.11. The van der Waals surface area contributed by atoms with E-state index in [0.29, 0.717) is 6.42 Å². The summed E-state index contributed by atoms with van der Waals surface area (Å²) >= 11 is 0. The second-order valence-electron chi connectivity index (χ2n) is 4.61. The van der Waals surface area contributed by atoms with E-state index in [1.54, 1.807) is 0 Å². The molecule has 0 amide bonds. The monoisotopic (exact) mass is 224 g/mol. The van der Waals surface area contributed by atoms with E-state index in [4.69, 9.17) is 10.8 Å². The van der Waals surface area contributed by atoms with Gasteiger partial charge in [0.1, 0.15) is 0 Å². The van der Waals surface area contributed by atoms with Crippen LogP contribution < -0.4 is 0 Å². The highest BCUT2D eigenvalue weighted by Crippen LogP contribution is 2.57. The Morgan fingerprint density at radius 2 is 2.06 bits per heavy atom. The summed E-state index contributed by atoms with van der Waals surface area (Å²) < 4.78 is 0. The van der Waals surface area contributed by atoms with E-state index in [9.17, 15) is 9.90 Å². The van der Waals surface area contributed by atoms with Crippen LogP contribution in [0, 0.1) is 22.2 Å². The van der Waals surface area contributed by atoms with E-state index in [2.05, 4.69) is 0 Å². The van der Waals surface area contributed by atoms with Crippen LogP contribution in [-0.4, -0.2) is 23.5 Å². The minimum Gasteiger partial charge on any atom is -0.481 e. The molecule has 0 spiro atoms. The van der Waals surface area contributed by atoms with Crippen LogP contribution in [0.5, 0.6) is 0 Å². The molecule has 0 radical (unpaired) electrons. The SMILES string of the molecule is N=CCCCCCC1(C(=O)O)CC1CC=N. The van der Waals surface area contributed by atoms with Crippen LogP contribution >= 0.6 is 0 Å². The van der Waals surface area contributed by atoms with Crippen LogP contribution in [0.25, 0.3) is 0 Å². The summed E-state index contributed by atoms with van der Waals surface area (Å²) in [5.41, 5.74) is -0.526. The first-order valence-corrected chi connectivity index (χ1v) is 5.88. The van der Waals surface area contributed by atoms with E-state index < -0.39 is 11.4 Å². The maximum Gasteiger partial charge on any atom is 0.309 e. The molecular formula is C12H20N2O2. The fourth-order valence-corrected chi connectivity index (χ4v) is 2.37. The normalized spacial score (nSPS) is 27.4. The average molecular weight is 224 g/mol. The van der Waals surface area contributed by atoms with Crippen molar-refractivity contribution < 1.29 is 9.90 Å². The Kier molecular flexibility index (Phi) is 4.65. The summed E-state index contributed by atoms with van der Waals surface area (Å²) in [4.78, 5) is 11.2. The smallest absolute Gasteiger partial charge is 0.309 e. The van der Waals surface area contributed by atoms with Gasteiger partial charge in [0.2, 0.25) is 0 Å². The molecule has 0 aliphatic heterocycles. The number of nitrogens with one attached hydrogen (secondary N) is 2. The van der Waals surface area contributed by atoms with E-state index in [-0.39, 0.29) is 5.92 Å². The van der Waals surface area contributed by atoms with Gasteiger partial charge in [-0.2, -0.15) is 0 Å². The van der Waals surface area contributed by atoms with Gasteiger partial charge < -0.3 is 15.9 Å². The van der Waals surface area contributed by atoms with Crippen LogP contribution in [0.2, 0.25) is 0 Å². The molecular weight excluding hydrogens is 204 g/mol. The Morgan fingerprint density at radius 1 is 1.31 bits per heavy atom. The first-order chi connectivity index (χ1) is 7.67. The minimum absolute atomic E-state index is 0.185. The van der Waals surface area contributed by atoms with Gasteiger partial charge in [-0.15, -0.1) is 0 Å². The Morgan fingerprint density at radius 3 is 2.62 bits per heavy atom. The highest BCUT2D eigenvalue weighted by molar-refractivity contribution is 5.79. The molecule has 16 heavy (non-hydrogen) atoms. The lowest BCUT2D eigenvalue weighted by molar-refractivity contribution is -0.144. The zero-order chi connectivity index (χ0) is 12.0. The number of hydrogen-bond donors (Lipinski definition) is 3. The van der Waals surface area contributed by atoms with Gasteiger partial charge in [-0.3, -0.25) is 4.79 Å². The fraction of sp³-hybridized carbons (Fsp3) is 0.750. The third-order valence-corrected chi connectivity index (χ3v) is 3.53. The molecule has 1 aliphatic rings. The quantitative estimate of drug-likeness (QED) is 0.415. The van der Waals surface area contributed by atoms with Crippen molar-refractivity contribution in [3.63, 3.8) is 0 Å². The van der Waals surface area contributed by atoms with Gasteiger partial charge in [0, 0.05) is 0 Å².